The van der Waals surface area contributed by atoms with Gasteiger partial charge in [0, 0.05) is 29.8 Å². The molecule has 1 N–H and O–H groups in total. The van der Waals surface area contributed by atoms with Crippen molar-refractivity contribution in [3.05, 3.63) is 66.5 Å². The van der Waals surface area contributed by atoms with Crippen LogP contribution >= 0.6 is 0 Å². The summed E-state index contributed by atoms with van der Waals surface area (Å²) in [4.78, 5) is 20.5. The third kappa shape index (κ3) is 3.98. The van der Waals surface area contributed by atoms with Crippen LogP contribution in [-0.4, -0.2) is 28.1 Å². The van der Waals surface area contributed by atoms with Gasteiger partial charge in [0.15, 0.2) is 0 Å². The lowest BCUT2D eigenvalue weighted by Crippen LogP contribution is -2.12. The number of hydrogen-bond donors (Lipinski definition) is 1. The number of aryl methyl sites for hydroxylation is 1. The number of amides is 1. The average Bonchev–Trinajstić information content (AvgIpc) is 3.20. The highest BCUT2D eigenvalue weighted by Gasteiger charge is 2.12. The van der Waals surface area contributed by atoms with Crippen molar-refractivity contribution in [1.29, 1.82) is 0 Å². The fourth-order valence-corrected chi connectivity index (χ4v) is 2.85. The number of ether oxygens (including phenoxy) is 1. The first kappa shape index (κ1) is 17.7. The lowest BCUT2D eigenvalue weighted by atomic mass is 10.1. The Morgan fingerprint density at radius 2 is 1.96 bits per heavy atom. The zero-order valence-electron chi connectivity index (χ0n) is 15.3. The van der Waals surface area contributed by atoms with Crippen molar-refractivity contribution in [2.75, 3.05) is 12.4 Å². The fraction of sp³-hybridized carbons (Fsp3) is 0.143. The molecule has 140 valence electrons. The van der Waals surface area contributed by atoms with Crippen LogP contribution in [-0.2, 0) is 11.2 Å². The van der Waals surface area contributed by atoms with Gasteiger partial charge >= 0.3 is 6.01 Å². The summed E-state index contributed by atoms with van der Waals surface area (Å²) in [5, 5.41) is 8.66. The molecule has 7 nitrogen and oxygen atoms in total. The Labute approximate surface area is 161 Å². The van der Waals surface area contributed by atoms with Gasteiger partial charge in [0.2, 0.25) is 11.7 Å². The van der Waals surface area contributed by atoms with Crippen molar-refractivity contribution in [3.63, 3.8) is 0 Å². The summed E-state index contributed by atoms with van der Waals surface area (Å²) >= 11 is 0. The van der Waals surface area contributed by atoms with Crippen LogP contribution in [0.1, 0.15) is 12.0 Å². The highest BCUT2D eigenvalue weighted by molar-refractivity contribution is 5.89. The van der Waals surface area contributed by atoms with E-state index >= 15 is 0 Å². The molecule has 0 aliphatic heterocycles. The molecule has 4 aromatic rings. The number of hydrogen-bond acceptors (Lipinski definition) is 6. The van der Waals surface area contributed by atoms with Gasteiger partial charge in [-0.3, -0.25) is 15.1 Å². The number of aromatic nitrogens is 3. The Kier molecular flexibility index (Phi) is 4.97. The minimum Gasteiger partial charge on any atom is -0.497 e. The van der Waals surface area contributed by atoms with Crippen LogP contribution in [0.5, 0.6) is 5.75 Å². The molecule has 2 heterocycles. The summed E-state index contributed by atoms with van der Waals surface area (Å²) in [6.45, 7) is 0. The van der Waals surface area contributed by atoms with Gasteiger partial charge in [-0.15, -0.1) is 0 Å². The van der Waals surface area contributed by atoms with E-state index in [1.807, 2.05) is 48.5 Å². The molecule has 2 aromatic heterocycles. The molecule has 0 aliphatic carbocycles. The normalized spacial score (nSPS) is 10.8. The Hall–Kier alpha value is -3.74. The first-order valence-electron chi connectivity index (χ1n) is 8.82. The molecule has 0 saturated heterocycles. The molecule has 0 radical (unpaired) electrons. The molecule has 7 heteroatoms. The van der Waals surface area contributed by atoms with Gasteiger partial charge < -0.3 is 9.26 Å². The Balaban J connectivity index is 1.38. The maximum absolute atomic E-state index is 12.2. The van der Waals surface area contributed by atoms with E-state index in [1.54, 1.807) is 19.5 Å². The van der Waals surface area contributed by atoms with Crippen LogP contribution in [0.4, 0.5) is 6.01 Å². The van der Waals surface area contributed by atoms with E-state index in [4.69, 9.17) is 9.26 Å². The van der Waals surface area contributed by atoms with Crippen molar-refractivity contribution in [2.24, 2.45) is 0 Å². The lowest BCUT2D eigenvalue weighted by Gasteiger charge is -2.03. The minimum absolute atomic E-state index is 0.0876. The highest BCUT2D eigenvalue weighted by Crippen LogP contribution is 2.23. The molecule has 28 heavy (non-hydrogen) atoms. The van der Waals surface area contributed by atoms with Gasteiger partial charge in [0.1, 0.15) is 5.75 Å². The monoisotopic (exact) mass is 374 g/mol. The molecule has 0 aliphatic rings. The Morgan fingerprint density at radius 1 is 1.11 bits per heavy atom. The quantitative estimate of drug-likeness (QED) is 0.551. The number of methoxy groups -OCH3 is 1. The van der Waals surface area contributed by atoms with Crippen LogP contribution in [0.25, 0.3) is 22.2 Å². The average molecular weight is 374 g/mol. The van der Waals surface area contributed by atoms with Gasteiger partial charge in [-0.05, 0) is 41.6 Å². The molecule has 2 aromatic carbocycles. The molecule has 0 bridgehead atoms. The number of nitrogens with one attached hydrogen (secondary N) is 1. The molecule has 0 saturated carbocycles. The minimum atomic E-state index is -0.185. The number of fused-ring (bicyclic) bond motifs is 1. The van der Waals surface area contributed by atoms with Gasteiger partial charge in [0.25, 0.3) is 0 Å². The topological polar surface area (TPSA) is 90.1 Å². The van der Waals surface area contributed by atoms with Crippen LogP contribution < -0.4 is 10.1 Å². The van der Waals surface area contributed by atoms with Crippen molar-refractivity contribution < 1.29 is 14.1 Å². The molecule has 1 amide bonds. The van der Waals surface area contributed by atoms with E-state index < -0.39 is 0 Å². The molecule has 0 fully saturated rings. The number of anilines is 1. The van der Waals surface area contributed by atoms with E-state index in [0.29, 0.717) is 18.7 Å². The Bertz CT molecular complexity index is 1110. The summed E-state index contributed by atoms with van der Waals surface area (Å²) in [5.74, 6) is 1.02. The third-order valence-electron chi connectivity index (χ3n) is 4.37. The molecule has 0 atom stereocenters. The Morgan fingerprint density at radius 3 is 2.79 bits per heavy atom. The lowest BCUT2D eigenvalue weighted by molar-refractivity contribution is -0.116. The molecular weight excluding hydrogens is 356 g/mol. The van der Waals surface area contributed by atoms with Crippen LogP contribution in [0.3, 0.4) is 0 Å². The van der Waals surface area contributed by atoms with Crippen molar-refractivity contribution in [3.8, 4) is 17.1 Å². The predicted molar refractivity (Wildman–Crippen MR) is 105 cm³/mol. The van der Waals surface area contributed by atoms with Gasteiger partial charge in [0.05, 0.1) is 7.11 Å². The number of pyridine rings is 1. The fourth-order valence-electron chi connectivity index (χ4n) is 2.85. The number of carbonyl (C=O) groups excluding carboxylic acids is 1. The van der Waals surface area contributed by atoms with Crippen molar-refractivity contribution >= 4 is 22.7 Å². The first-order valence-corrected chi connectivity index (χ1v) is 8.82. The molecule has 0 spiro atoms. The van der Waals surface area contributed by atoms with E-state index in [2.05, 4.69) is 20.4 Å². The summed E-state index contributed by atoms with van der Waals surface area (Å²) in [7, 11) is 1.62. The number of nitrogens with zero attached hydrogens (tertiary/aromatic N) is 3. The summed E-state index contributed by atoms with van der Waals surface area (Å²) in [5.41, 5.74) is 1.86. The SMILES string of the molecule is COc1ccc(CCC(=O)Nc2nc(-c3ccc4cnccc4c3)no2)cc1. The van der Waals surface area contributed by atoms with E-state index in [1.165, 1.54) is 0 Å². The van der Waals surface area contributed by atoms with E-state index in [9.17, 15) is 4.79 Å². The number of rotatable bonds is 6. The maximum atomic E-state index is 12.2. The molecule has 4 rings (SSSR count). The molecular formula is C21H18N4O3. The maximum Gasteiger partial charge on any atom is 0.328 e. The number of carbonyl (C=O) groups is 1. The van der Waals surface area contributed by atoms with Crippen molar-refractivity contribution in [1.82, 2.24) is 15.1 Å². The highest BCUT2D eigenvalue weighted by atomic mass is 16.5. The second-order valence-corrected chi connectivity index (χ2v) is 6.26. The third-order valence-corrected chi connectivity index (χ3v) is 4.37. The van der Waals surface area contributed by atoms with Crippen LogP contribution in [0.15, 0.2) is 65.4 Å². The van der Waals surface area contributed by atoms with E-state index in [0.717, 1.165) is 27.6 Å². The second-order valence-electron chi connectivity index (χ2n) is 6.26. The second kappa shape index (κ2) is 7.87. The zero-order chi connectivity index (χ0) is 19.3. The first-order chi connectivity index (χ1) is 13.7. The van der Waals surface area contributed by atoms with Gasteiger partial charge in [-0.1, -0.05) is 29.4 Å². The summed E-state index contributed by atoms with van der Waals surface area (Å²) in [6, 6.07) is 15.4. The van der Waals surface area contributed by atoms with Gasteiger partial charge in [-0.25, -0.2) is 0 Å². The predicted octanol–water partition coefficient (Wildman–Crippen LogP) is 3.86. The van der Waals surface area contributed by atoms with E-state index in [-0.39, 0.29) is 11.9 Å². The summed E-state index contributed by atoms with van der Waals surface area (Å²) in [6.07, 6.45) is 4.45. The number of benzene rings is 2. The largest absolute Gasteiger partial charge is 0.497 e. The van der Waals surface area contributed by atoms with Crippen LogP contribution in [0.2, 0.25) is 0 Å². The van der Waals surface area contributed by atoms with Crippen molar-refractivity contribution in [2.45, 2.75) is 12.8 Å². The standard InChI is InChI=1S/C21H18N4O3/c1-27-18-7-2-14(3-8-18)4-9-19(26)23-21-24-20(25-28-21)16-5-6-17-13-22-11-10-15(17)12-16/h2-3,5-8,10-13H,4,9H2,1H3,(H,23,24,25,26). The molecule has 0 unspecified atom stereocenters. The van der Waals surface area contributed by atoms with Gasteiger partial charge in [-0.2, -0.15) is 4.98 Å². The van der Waals surface area contributed by atoms with Crippen LogP contribution in [0, 0.1) is 0 Å². The smallest absolute Gasteiger partial charge is 0.328 e. The zero-order valence-corrected chi connectivity index (χ0v) is 15.3. The summed E-state index contributed by atoms with van der Waals surface area (Å²) < 4.78 is 10.3.